The number of nitrogens with zero attached hydrogens (tertiary/aromatic N) is 2. The minimum Gasteiger partial charge on any atom is -0.245 e. The molecule has 0 spiro atoms. The Morgan fingerprint density at radius 1 is 0.568 bits per heavy atom. The van der Waals surface area contributed by atoms with Crippen molar-refractivity contribution in [1.82, 2.24) is 0 Å². The maximum Gasteiger partial charge on any atom is 0.0979 e. The molecule has 186 valence electrons. The lowest BCUT2D eigenvalue weighted by Gasteiger charge is -2.18. The second kappa shape index (κ2) is 9.94. The second-order valence-electron chi connectivity index (χ2n) is 10.9. The summed E-state index contributed by atoms with van der Waals surface area (Å²) in [5.41, 5.74) is 11.1. The largest absolute Gasteiger partial charge is 0.245 e. The second-order valence-corrected chi connectivity index (χ2v) is 10.9. The Bertz CT molecular complexity index is 1530. The minimum absolute atomic E-state index is 0.341. The zero-order valence-corrected chi connectivity index (χ0v) is 22.8. The highest BCUT2D eigenvalue weighted by Gasteiger charge is 2.29. The van der Waals surface area contributed by atoms with Crippen LogP contribution in [0, 0.1) is 0 Å². The Balaban J connectivity index is 1.88. The van der Waals surface area contributed by atoms with Crippen molar-refractivity contribution in [2.75, 3.05) is 0 Å². The summed E-state index contributed by atoms with van der Waals surface area (Å²) in [7, 11) is 0. The molecule has 0 N–H and O–H groups in total. The number of rotatable bonds is 6. The number of hydrogen-bond acceptors (Lipinski definition) is 2. The van der Waals surface area contributed by atoms with Crippen LogP contribution >= 0.6 is 0 Å². The van der Waals surface area contributed by atoms with Crippen LogP contribution in [0.5, 0.6) is 0 Å². The number of aliphatic imine (C=N–C) groups is 2. The third kappa shape index (κ3) is 4.35. The number of hydrogen-bond donors (Lipinski definition) is 0. The fraction of sp³-hybridized carbons (Fsp3) is 0.257. The van der Waals surface area contributed by atoms with Gasteiger partial charge in [-0.15, -0.1) is 0 Å². The third-order valence-electron chi connectivity index (χ3n) is 7.37. The van der Waals surface area contributed by atoms with Crippen LogP contribution in [0.4, 0.5) is 11.4 Å². The molecule has 0 aliphatic heterocycles. The van der Waals surface area contributed by atoms with Gasteiger partial charge in [-0.25, -0.2) is 9.98 Å². The molecule has 4 aromatic rings. The lowest BCUT2D eigenvalue weighted by Crippen LogP contribution is -2.11. The van der Waals surface area contributed by atoms with E-state index in [1.54, 1.807) is 0 Å². The van der Waals surface area contributed by atoms with Crippen molar-refractivity contribution in [1.29, 1.82) is 0 Å². The zero-order chi connectivity index (χ0) is 26.3. The zero-order valence-electron chi connectivity index (χ0n) is 22.8. The number of para-hydroxylation sites is 2. The predicted molar refractivity (Wildman–Crippen MR) is 162 cm³/mol. The molecule has 0 saturated heterocycles. The Hall–Kier alpha value is -3.78. The van der Waals surface area contributed by atoms with E-state index in [1.807, 2.05) is 6.08 Å². The Labute approximate surface area is 221 Å². The van der Waals surface area contributed by atoms with Gasteiger partial charge < -0.3 is 0 Å². The Morgan fingerprint density at radius 3 is 1.49 bits per heavy atom. The molecule has 0 radical (unpaired) electrons. The first-order chi connectivity index (χ1) is 17.8. The van der Waals surface area contributed by atoms with Crippen molar-refractivity contribution in [2.45, 2.75) is 59.3 Å². The van der Waals surface area contributed by atoms with Crippen LogP contribution < -0.4 is 0 Å². The van der Waals surface area contributed by atoms with Gasteiger partial charge in [0.15, 0.2) is 0 Å². The van der Waals surface area contributed by atoms with Gasteiger partial charge in [0.25, 0.3) is 0 Å². The summed E-state index contributed by atoms with van der Waals surface area (Å²) >= 11 is 0. The van der Waals surface area contributed by atoms with Crippen molar-refractivity contribution < 1.29 is 0 Å². The predicted octanol–water partition coefficient (Wildman–Crippen LogP) is 10.1. The van der Waals surface area contributed by atoms with Crippen molar-refractivity contribution in [3.63, 3.8) is 0 Å². The van der Waals surface area contributed by atoms with Crippen molar-refractivity contribution in [3.8, 4) is 0 Å². The van der Waals surface area contributed by atoms with E-state index in [1.165, 1.54) is 27.5 Å². The van der Waals surface area contributed by atoms with Gasteiger partial charge >= 0.3 is 0 Å². The molecule has 37 heavy (non-hydrogen) atoms. The van der Waals surface area contributed by atoms with E-state index in [-0.39, 0.29) is 0 Å². The SMILES string of the molecule is C=Cc1cccc(C(C)C)c1/N=C1/C(=N/c2c(C(C)C)cccc2C(C)C)c2cccc3cccc1c23. The van der Waals surface area contributed by atoms with Crippen LogP contribution in [0.3, 0.4) is 0 Å². The molecule has 1 aliphatic rings. The van der Waals surface area contributed by atoms with Gasteiger partial charge in [-0.2, -0.15) is 0 Å². The van der Waals surface area contributed by atoms with Gasteiger partial charge in [-0.3, -0.25) is 0 Å². The van der Waals surface area contributed by atoms with E-state index in [4.69, 9.17) is 9.98 Å². The third-order valence-corrected chi connectivity index (χ3v) is 7.37. The van der Waals surface area contributed by atoms with Crippen LogP contribution in [0.2, 0.25) is 0 Å². The van der Waals surface area contributed by atoms with Crippen molar-refractivity contribution in [3.05, 3.63) is 113 Å². The molecule has 0 amide bonds. The summed E-state index contributed by atoms with van der Waals surface area (Å²) in [5, 5.41) is 2.45. The molecule has 0 atom stereocenters. The highest BCUT2D eigenvalue weighted by atomic mass is 14.8. The summed E-state index contributed by atoms with van der Waals surface area (Å²) in [6.07, 6.45) is 1.91. The summed E-state index contributed by atoms with van der Waals surface area (Å²) in [6.45, 7) is 17.5. The Kier molecular flexibility index (Phi) is 6.69. The molecular formula is C35H36N2. The molecule has 2 nitrogen and oxygen atoms in total. The first-order valence-electron chi connectivity index (χ1n) is 13.4. The topological polar surface area (TPSA) is 24.7 Å². The van der Waals surface area contributed by atoms with Gasteiger partial charge in [0.05, 0.1) is 22.8 Å². The molecule has 4 aromatic carbocycles. The summed E-state index contributed by atoms with van der Waals surface area (Å²) in [5.74, 6) is 1.08. The van der Waals surface area contributed by atoms with Crippen LogP contribution in [0.15, 0.2) is 89.4 Å². The standard InChI is InChI=1S/C35H36N2/c1-8-24-13-9-16-26(21(2)3)32(24)36-34-29-19-10-14-25-15-11-20-30(31(25)29)35(34)37-33-27(22(4)5)17-12-18-28(33)23(6)7/h8-23H,1H2,2-7H3/b36-34+,37-35+. The molecule has 0 fully saturated rings. The first-order valence-corrected chi connectivity index (χ1v) is 13.4. The average Bonchev–Trinajstić information content (AvgIpc) is 3.18. The van der Waals surface area contributed by atoms with E-state index >= 15 is 0 Å². The fourth-order valence-corrected chi connectivity index (χ4v) is 5.42. The summed E-state index contributed by atoms with van der Waals surface area (Å²) < 4.78 is 0. The lowest BCUT2D eigenvalue weighted by atomic mass is 9.92. The van der Waals surface area contributed by atoms with E-state index in [0.29, 0.717) is 17.8 Å². The van der Waals surface area contributed by atoms with Crippen molar-refractivity contribution >= 4 is 39.6 Å². The molecule has 2 heteroatoms. The van der Waals surface area contributed by atoms with Gasteiger partial charge in [-0.05, 0) is 45.4 Å². The summed E-state index contributed by atoms with van der Waals surface area (Å²) in [6, 6.07) is 26.0. The van der Waals surface area contributed by atoms with Crippen LogP contribution in [0.1, 0.15) is 92.7 Å². The van der Waals surface area contributed by atoms with E-state index in [9.17, 15) is 0 Å². The number of benzene rings is 4. The maximum atomic E-state index is 5.51. The first kappa shape index (κ1) is 24.9. The molecule has 0 unspecified atom stereocenters. The van der Waals surface area contributed by atoms with Gasteiger partial charge in [0.2, 0.25) is 0 Å². The van der Waals surface area contributed by atoms with E-state index in [0.717, 1.165) is 39.5 Å². The van der Waals surface area contributed by atoms with Crippen LogP contribution in [-0.2, 0) is 0 Å². The molecule has 5 rings (SSSR count). The highest BCUT2D eigenvalue weighted by Crippen LogP contribution is 2.40. The van der Waals surface area contributed by atoms with Gasteiger partial charge in [0, 0.05) is 16.5 Å². The minimum atomic E-state index is 0.341. The highest BCUT2D eigenvalue weighted by molar-refractivity contribution is 6.61. The molecule has 0 heterocycles. The van der Waals surface area contributed by atoms with Crippen LogP contribution in [-0.4, -0.2) is 11.4 Å². The summed E-state index contributed by atoms with van der Waals surface area (Å²) in [4.78, 5) is 10.9. The molecule has 0 aromatic heterocycles. The molecule has 1 aliphatic carbocycles. The smallest absolute Gasteiger partial charge is 0.0979 e. The fourth-order valence-electron chi connectivity index (χ4n) is 5.42. The molecular weight excluding hydrogens is 448 g/mol. The van der Waals surface area contributed by atoms with Gasteiger partial charge in [0.1, 0.15) is 0 Å². The molecule has 0 saturated carbocycles. The van der Waals surface area contributed by atoms with E-state index in [2.05, 4.69) is 121 Å². The van der Waals surface area contributed by atoms with Crippen LogP contribution in [0.25, 0.3) is 16.8 Å². The Morgan fingerprint density at radius 2 is 1.00 bits per heavy atom. The van der Waals surface area contributed by atoms with Crippen molar-refractivity contribution in [2.24, 2.45) is 9.98 Å². The lowest BCUT2D eigenvalue weighted by molar-refractivity contribution is 0.835. The maximum absolute atomic E-state index is 5.51. The monoisotopic (exact) mass is 484 g/mol. The average molecular weight is 485 g/mol. The normalized spacial score (nSPS) is 15.2. The van der Waals surface area contributed by atoms with Gasteiger partial charge in [-0.1, -0.05) is 127 Å². The quantitative estimate of drug-likeness (QED) is 0.260. The molecule has 0 bridgehead atoms. The van der Waals surface area contributed by atoms with E-state index < -0.39 is 0 Å².